The molecule has 0 saturated heterocycles. The minimum atomic E-state index is 0.00652. The summed E-state index contributed by atoms with van der Waals surface area (Å²) in [7, 11) is 1.48. The van der Waals surface area contributed by atoms with Crippen LogP contribution in [0.1, 0.15) is 0 Å². The minimum Gasteiger partial charge on any atom is -0.506 e. The van der Waals surface area contributed by atoms with E-state index in [4.69, 9.17) is 22.1 Å². The Bertz CT molecular complexity index is 854. The van der Waals surface area contributed by atoms with E-state index in [0.29, 0.717) is 17.0 Å². The topological polar surface area (TPSA) is 81.3 Å². The van der Waals surface area contributed by atoms with Gasteiger partial charge in [0.15, 0.2) is 5.82 Å². The number of anilines is 1. The lowest BCUT2D eigenvalue weighted by molar-refractivity contribution is 0.399. The van der Waals surface area contributed by atoms with Crippen molar-refractivity contribution < 1.29 is 9.84 Å². The molecule has 6 heteroatoms. The molecule has 0 unspecified atom stereocenters. The zero-order valence-electron chi connectivity index (χ0n) is 12.3. The van der Waals surface area contributed by atoms with Crippen LogP contribution in [-0.4, -0.2) is 22.2 Å². The largest absolute Gasteiger partial charge is 0.506 e. The van der Waals surface area contributed by atoms with Gasteiger partial charge in [0.1, 0.15) is 11.4 Å². The van der Waals surface area contributed by atoms with Crippen LogP contribution >= 0.6 is 11.6 Å². The summed E-state index contributed by atoms with van der Waals surface area (Å²) in [5.41, 5.74) is 8.67. The number of aromatic hydroxyl groups is 1. The van der Waals surface area contributed by atoms with Gasteiger partial charge in [-0.15, -0.1) is 0 Å². The summed E-state index contributed by atoms with van der Waals surface area (Å²) in [4.78, 5) is 8.89. The number of nitrogens with zero attached hydrogens (tertiary/aromatic N) is 2. The van der Waals surface area contributed by atoms with Crippen LogP contribution in [0.3, 0.4) is 0 Å². The first-order valence-corrected chi connectivity index (χ1v) is 7.23. The highest BCUT2D eigenvalue weighted by Gasteiger charge is 2.16. The molecule has 0 aliphatic carbocycles. The molecular weight excluding hydrogens is 314 g/mol. The number of ether oxygens (including phenoxy) is 1. The van der Waals surface area contributed by atoms with Gasteiger partial charge in [0.25, 0.3) is 5.88 Å². The number of aromatic nitrogens is 2. The molecule has 116 valence electrons. The molecule has 0 fully saturated rings. The molecule has 0 atom stereocenters. The van der Waals surface area contributed by atoms with Crippen LogP contribution in [0.15, 0.2) is 48.5 Å². The third-order valence-electron chi connectivity index (χ3n) is 3.35. The molecule has 0 aliphatic heterocycles. The van der Waals surface area contributed by atoms with Gasteiger partial charge in [-0.3, -0.25) is 0 Å². The third-order valence-corrected chi connectivity index (χ3v) is 3.65. The van der Waals surface area contributed by atoms with Crippen molar-refractivity contribution in [2.75, 3.05) is 12.8 Å². The number of nitrogens with two attached hydrogens (primary N) is 1. The summed E-state index contributed by atoms with van der Waals surface area (Å²) in [5.74, 6) is 0.455. The van der Waals surface area contributed by atoms with Gasteiger partial charge in [0, 0.05) is 11.1 Å². The Morgan fingerprint density at radius 2 is 1.70 bits per heavy atom. The summed E-state index contributed by atoms with van der Waals surface area (Å²) in [5, 5.41) is 9.84. The van der Waals surface area contributed by atoms with Gasteiger partial charge in [0.05, 0.1) is 17.8 Å². The van der Waals surface area contributed by atoms with E-state index in [-0.39, 0.29) is 22.5 Å². The second kappa shape index (κ2) is 6.14. The Kier molecular flexibility index (Phi) is 4.04. The Morgan fingerprint density at radius 1 is 1.00 bits per heavy atom. The fourth-order valence-electron chi connectivity index (χ4n) is 2.24. The van der Waals surface area contributed by atoms with Crippen LogP contribution < -0.4 is 10.5 Å². The second-order valence-corrected chi connectivity index (χ2v) is 5.25. The Balaban J connectivity index is 2.26. The van der Waals surface area contributed by atoms with Crippen molar-refractivity contribution in [2.24, 2.45) is 0 Å². The molecule has 0 aliphatic rings. The zero-order chi connectivity index (χ0) is 16.4. The lowest BCUT2D eigenvalue weighted by atomic mass is 10.0. The van der Waals surface area contributed by atoms with Gasteiger partial charge in [-0.25, -0.2) is 9.97 Å². The molecule has 1 aromatic heterocycles. The van der Waals surface area contributed by atoms with E-state index in [9.17, 15) is 5.11 Å². The molecule has 1 heterocycles. The zero-order valence-corrected chi connectivity index (χ0v) is 13.1. The molecule has 3 rings (SSSR count). The van der Waals surface area contributed by atoms with Crippen LogP contribution in [0.2, 0.25) is 5.02 Å². The lowest BCUT2D eigenvalue weighted by Crippen LogP contribution is -2.03. The molecular formula is C17H14ClN3O2. The third kappa shape index (κ3) is 2.91. The standard InChI is InChI=1S/C17H14ClN3O2/c1-23-17-16(19)20-14(10-5-3-2-4-6-10)15(21-17)11-7-8-13(22)12(18)9-11/h2-9,22H,1H3,(H2,19,20). The molecule has 5 nitrogen and oxygen atoms in total. The molecule has 3 N–H and O–H groups in total. The summed E-state index contributed by atoms with van der Waals surface area (Å²) in [6, 6.07) is 14.4. The number of phenols is 1. The first kappa shape index (κ1) is 15.1. The Hall–Kier alpha value is -2.79. The highest BCUT2D eigenvalue weighted by atomic mass is 35.5. The molecule has 2 aromatic carbocycles. The molecule has 0 spiro atoms. The maximum atomic E-state index is 9.61. The molecule has 0 bridgehead atoms. The first-order chi connectivity index (χ1) is 11.1. The molecule has 3 aromatic rings. The van der Waals surface area contributed by atoms with Gasteiger partial charge in [-0.2, -0.15) is 0 Å². The number of rotatable bonds is 3. The quantitative estimate of drug-likeness (QED) is 0.765. The number of phenolic OH excluding ortho intramolecular Hbond substituents is 1. The maximum absolute atomic E-state index is 9.61. The van der Waals surface area contributed by atoms with Crippen LogP contribution in [0.5, 0.6) is 11.6 Å². The SMILES string of the molecule is COc1nc(-c2ccc(O)c(Cl)c2)c(-c2ccccc2)nc1N. The van der Waals surface area contributed by atoms with Crippen molar-refractivity contribution in [3.05, 3.63) is 53.6 Å². The lowest BCUT2D eigenvalue weighted by Gasteiger charge is -2.12. The van der Waals surface area contributed by atoms with Gasteiger partial charge in [-0.1, -0.05) is 41.9 Å². The van der Waals surface area contributed by atoms with Gasteiger partial charge >= 0.3 is 0 Å². The first-order valence-electron chi connectivity index (χ1n) is 6.86. The Labute approximate surface area is 138 Å². The predicted molar refractivity (Wildman–Crippen MR) is 90.5 cm³/mol. The minimum absolute atomic E-state index is 0.00652. The molecule has 0 amide bonds. The number of benzene rings is 2. The van der Waals surface area contributed by atoms with E-state index in [0.717, 1.165) is 5.56 Å². The highest BCUT2D eigenvalue weighted by Crippen LogP contribution is 2.35. The summed E-state index contributed by atoms with van der Waals surface area (Å²) in [6.07, 6.45) is 0. The molecule has 23 heavy (non-hydrogen) atoms. The summed E-state index contributed by atoms with van der Waals surface area (Å²) in [6.45, 7) is 0. The number of hydrogen-bond donors (Lipinski definition) is 2. The van der Waals surface area contributed by atoms with Crippen LogP contribution in [0.25, 0.3) is 22.5 Å². The number of halogens is 1. The number of methoxy groups -OCH3 is 1. The van der Waals surface area contributed by atoms with Crippen molar-refractivity contribution >= 4 is 17.4 Å². The number of nitrogen functional groups attached to an aromatic ring is 1. The maximum Gasteiger partial charge on any atom is 0.257 e. The summed E-state index contributed by atoms with van der Waals surface area (Å²) < 4.78 is 5.17. The number of hydrogen-bond acceptors (Lipinski definition) is 5. The fourth-order valence-corrected chi connectivity index (χ4v) is 2.42. The fraction of sp³-hybridized carbons (Fsp3) is 0.0588. The van der Waals surface area contributed by atoms with Gasteiger partial charge in [-0.05, 0) is 18.2 Å². The average Bonchev–Trinajstić information content (AvgIpc) is 2.58. The molecule has 0 saturated carbocycles. The van der Waals surface area contributed by atoms with Crippen LogP contribution in [0.4, 0.5) is 5.82 Å². The van der Waals surface area contributed by atoms with Gasteiger partial charge in [0.2, 0.25) is 0 Å². The Morgan fingerprint density at radius 3 is 2.35 bits per heavy atom. The van der Waals surface area contributed by atoms with Crippen molar-refractivity contribution in [3.8, 4) is 34.1 Å². The van der Waals surface area contributed by atoms with E-state index in [2.05, 4.69) is 9.97 Å². The summed E-state index contributed by atoms with van der Waals surface area (Å²) >= 11 is 6.01. The van der Waals surface area contributed by atoms with E-state index in [1.165, 1.54) is 13.2 Å². The predicted octanol–water partition coefficient (Wildman–Crippen LogP) is 3.76. The smallest absolute Gasteiger partial charge is 0.257 e. The van der Waals surface area contributed by atoms with E-state index in [1.54, 1.807) is 12.1 Å². The monoisotopic (exact) mass is 327 g/mol. The van der Waals surface area contributed by atoms with Crippen LogP contribution in [-0.2, 0) is 0 Å². The second-order valence-electron chi connectivity index (χ2n) is 4.85. The van der Waals surface area contributed by atoms with Crippen molar-refractivity contribution in [1.29, 1.82) is 0 Å². The molecule has 0 radical (unpaired) electrons. The normalized spacial score (nSPS) is 10.5. The van der Waals surface area contributed by atoms with Crippen LogP contribution in [0, 0.1) is 0 Å². The van der Waals surface area contributed by atoms with E-state index < -0.39 is 0 Å². The average molecular weight is 328 g/mol. The van der Waals surface area contributed by atoms with E-state index in [1.807, 2.05) is 30.3 Å². The van der Waals surface area contributed by atoms with Crippen molar-refractivity contribution in [3.63, 3.8) is 0 Å². The van der Waals surface area contributed by atoms with Crippen molar-refractivity contribution in [1.82, 2.24) is 9.97 Å². The van der Waals surface area contributed by atoms with Gasteiger partial charge < -0.3 is 15.6 Å². The van der Waals surface area contributed by atoms with Crippen molar-refractivity contribution in [2.45, 2.75) is 0 Å². The highest BCUT2D eigenvalue weighted by molar-refractivity contribution is 6.32. The van der Waals surface area contributed by atoms with E-state index >= 15 is 0 Å².